The van der Waals surface area contributed by atoms with Crippen LogP contribution in [0.15, 0.2) is 48.0 Å². The zero-order valence-corrected chi connectivity index (χ0v) is 20.6. The van der Waals surface area contributed by atoms with Gasteiger partial charge in [-0.3, -0.25) is 9.59 Å². The third-order valence-corrected chi connectivity index (χ3v) is 6.22. The van der Waals surface area contributed by atoms with Gasteiger partial charge in [0.2, 0.25) is 5.78 Å². The van der Waals surface area contributed by atoms with Crippen molar-refractivity contribution in [3.63, 3.8) is 0 Å². The molecule has 0 aliphatic carbocycles. The zero-order valence-electron chi connectivity index (χ0n) is 20.6. The molecular formula is C27H32F2N2O4. The Hall–Kier alpha value is -3.26. The summed E-state index contributed by atoms with van der Waals surface area (Å²) in [6.45, 7) is 10.4. The van der Waals surface area contributed by atoms with E-state index in [0.29, 0.717) is 6.42 Å². The molecule has 0 radical (unpaired) electrons. The first-order chi connectivity index (χ1) is 16.7. The molecular weight excluding hydrogens is 454 g/mol. The van der Waals surface area contributed by atoms with Crippen molar-refractivity contribution in [2.24, 2.45) is 0 Å². The topological polar surface area (TPSA) is 74.1 Å². The number of nitrogens with one attached hydrogen (secondary N) is 1. The molecule has 1 heterocycles. The summed E-state index contributed by atoms with van der Waals surface area (Å²) in [5, 5.41) is 13.4. The predicted molar refractivity (Wildman–Crippen MR) is 126 cm³/mol. The quantitative estimate of drug-likeness (QED) is 0.318. The lowest BCUT2D eigenvalue weighted by Gasteiger charge is -2.28. The number of halogens is 2. The van der Waals surface area contributed by atoms with Crippen LogP contribution in [0.25, 0.3) is 5.76 Å². The molecule has 1 atom stereocenters. The van der Waals surface area contributed by atoms with Crippen molar-refractivity contribution in [1.29, 1.82) is 0 Å². The van der Waals surface area contributed by atoms with Crippen molar-refractivity contribution in [2.75, 3.05) is 26.2 Å². The molecule has 1 amide bonds. The third kappa shape index (κ3) is 5.70. The number of nitrogens with zero attached hydrogens (tertiary/aromatic N) is 1. The van der Waals surface area contributed by atoms with Crippen molar-refractivity contribution in [1.82, 2.24) is 4.90 Å². The normalized spacial score (nSPS) is 17.6. The van der Waals surface area contributed by atoms with E-state index in [2.05, 4.69) is 13.8 Å². The minimum atomic E-state index is -1.18. The lowest BCUT2D eigenvalue weighted by molar-refractivity contribution is -0.896. The minimum absolute atomic E-state index is 0.0263. The highest BCUT2D eigenvalue weighted by Crippen LogP contribution is 2.40. The van der Waals surface area contributed by atoms with Gasteiger partial charge in [-0.15, -0.1) is 0 Å². The number of ether oxygens (including phenoxy) is 1. The van der Waals surface area contributed by atoms with Crippen LogP contribution in [0.5, 0.6) is 5.75 Å². The number of hydrogen-bond donors (Lipinski definition) is 1. The van der Waals surface area contributed by atoms with Crippen LogP contribution >= 0.6 is 0 Å². The number of Topliss-reactive ketones (excluding diaryl/α,β-unsaturated/α-hetero) is 1. The highest BCUT2D eigenvalue weighted by atomic mass is 19.1. The molecule has 6 nitrogen and oxygen atoms in total. The van der Waals surface area contributed by atoms with Crippen LogP contribution in [-0.4, -0.2) is 48.9 Å². The first-order valence-corrected chi connectivity index (χ1v) is 12.0. The Bertz CT molecular complexity index is 1110. The van der Waals surface area contributed by atoms with Crippen molar-refractivity contribution in [3.05, 3.63) is 70.8 Å². The summed E-state index contributed by atoms with van der Waals surface area (Å²) in [4.78, 5) is 28.6. The third-order valence-electron chi connectivity index (χ3n) is 6.22. The summed E-state index contributed by atoms with van der Waals surface area (Å²) >= 11 is 0. The molecule has 0 aromatic heterocycles. The Morgan fingerprint density at radius 3 is 2.37 bits per heavy atom. The van der Waals surface area contributed by atoms with Crippen molar-refractivity contribution >= 4 is 17.4 Å². The molecule has 1 fully saturated rings. The Morgan fingerprint density at radius 2 is 1.77 bits per heavy atom. The van der Waals surface area contributed by atoms with E-state index in [4.69, 9.17) is 4.74 Å². The highest BCUT2D eigenvalue weighted by Gasteiger charge is 2.45. The van der Waals surface area contributed by atoms with Crippen LogP contribution in [0.3, 0.4) is 0 Å². The molecule has 2 aromatic rings. The van der Waals surface area contributed by atoms with Gasteiger partial charge in [-0.2, -0.15) is 0 Å². The Balaban J connectivity index is 2.05. The lowest BCUT2D eigenvalue weighted by Crippen LogP contribution is -3.11. The summed E-state index contributed by atoms with van der Waals surface area (Å²) in [6, 6.07) is 8.23. The molecule has 3 rings (SSSR count). The van der Waals surface area contributed by atoms with Crippen molar-refractivity contribution in [2.45, 2.75) is 46.3 Å². The van der Waals surface area contributed by atoms with Gasteiger partial charge in [-0.25, -0.2) is 8.78 Å². The molecule has 0 saturated carbocycles. The fraction of sp³-hybridized carbons (Fsp3) is 0.407. The van der Waals surface area contributed by atoms with E-state index < -0.39 is 35.1 Å². The Labute approximate surface area is 204 Å². The van der Waals surface area contributed by atoms with Gasteiger partial charge >= 0.3 is 0 Å². The fourth-order valence-corrected chi connectivity index (χ4v) is 4.37. The molecule has 0 spiro atoms. The second kappa shape index (κ2) is 11.4. The van der Waals surface area contributed by atoms with Gasteiger partial charge in [0.05, 0.1) is 31.8 Å². The van der Waals surface area contributed by atoms with Crippen molar-refractivity contribution in [3.8, 4) is 5.75 Å². The minimum Gasteiger partial charge on any atom is -0.872 e. The van der Waals surface area contributed by atoms with Crippen LogP contribution in [0.4, 0.5) is 8.78 Å². The molecule has 1 aliphatic rings. The summed E-state index contributed by atoms with van der Waals surface area (Å²) < 4.78 is 34.8. The second-order valence-corrected chi connectivity index (χ2v) is 8.87. The van der Waals surface area contributed by atoms with Crippen LogP contribution in [0.2, 0.25) is 0 Å². The molecule has 188 valence electrons. The van der Waals surface area contributed by atoms with Crippen molar-refractivity contribution < 1.29 is 33.1 Å². The summed E-state index contributed by atoms with van der Waals surface area (Å²) in [6.07, 6.45) is 0.310. The number of quaternary nitrogens is 1. The first kappa shape index (κ1) is 26.3. The molecule has 35 heavy (non-hydrogen) atoms. The van der Waals surface area contributed by atoms with Gasteiger partial charge < -0.3 is 19.6 Å². The van der Waals surface area contributed by atoms with Crippen LogP contribution in [0, 0.1) is 11.6 Å². The maximum absolute atomic E-state index is 14.9. The van der Waals surface area contributed by atoms with Crippen LogP contribution in [0.1, 0.15) is 51.3 Å². The number of carbonyl (C=O) groups excluding carboxylic acids is 2. The number of ketones is 1. The van der Waals surface area contributed by atoms with Gasteiger partial charge in [0.1, 0.15) is 5.82 Å². The molecule has 2 aromatic carbocycles. The number of benzene rings is 2. The van der Waals surface area contributed by atoms with Gasteiger partial charge in [0.15, 0.2) is 11.6 Å². The molecule has 1 N–H and O–H groups in total. The van der Waals surface area contributed by atoms with E-state index >= 15 is 0 Å². The van der Waals surface area contributed by atoms with Gasteiger partial charge in [-0.05, 0) is 51.5 Å². The predicted octanol–water partition coefficient (Wildman–Crippen LogP) is 2.29. The average molecular weight is 487 g/mol. The van der Waals surface area contributed by atoms with Gasteiger partial charge in [0, 0.05) is 24.1 Å². The largest absolute Gasteiger partial charge is 0.872 e. The maximum atomic E-state index is 14.9. The summed E-state index contributed by atoms with van der Waals surface area (Å²) in [7, 11) is 0. The number of carbonyl (C=O) groups is 2. The smallest absolute Gasteiger partial charge is 0.295 e. The van der Waals surface area contributed by atoms with E-state index in [1.165, 1.54) is 40.1 Å². The lowest BCUT2D eigenvalue weighted by atomic mass is 9.94. The monoisotopic (exact) mass is 486 g/mol. The van der Waals surface area contributed by atoms with Gasteiger partial charge in [0.25, 0.3) is 5.91 Å². The number of amides is 1. The summed E-state index contributed by atoms with van der Waals surface area (Å²) in [5.41, 5.74) is -0.414. The Morgan fingerprint density at radius 1 is 1.09 bits per heavy atom. The fourth-order valence-electron chi connectivity index (χ4n) is 4.37. The maximum Gasteiger partial charge on any atom is 0.295 e. The Kier molecular flexibility index (Phi) is 8.62. The second-order valence-electron chi connectivity index (χ2n) is 8.87. The molecule has 1 unspecified atom stereocenters. The van der Waals surface area contributed by atoms with E-state index in [9.17, 15) is 23.5 Å². The number of likely N-dealkylation sites (tertiary alicyclic amines) is 1. The zero-order chi connectivity index (χ0) is 25.7. The molecule has 8 heteroatoms. The van der Waals surface area contributed by atoms with E-state index in [1.54, 1.807) is 19.9 Å². The van der Waals surface area contributed by atoms with Crippen LogP contribution in [-0.2, 0) is 9.59 Å². The van der Waals surface area contributed by atoms with E-state index in [1.807, 2.05) is 0 Å². The average Bonchev–Trinajstić information content (AvgIpc) is 3.07. The van der Waals surface area contributed by atoms with Crippen LogP contribution < -0.4 is 14.7 Å². The highest BCUT2D eigenvalue weighted by molar-refractivity contribution is 6.46. The standard InChI is InChI=1S/C27H32F2N2O4/c1-5-30(6-2)14-9-15-31-24(19-10-7-8-11-20(19)28)23(26(33)27(31)34)25(32)18-12-13-22(21(29)16-18)35-17(3)4/h7-8,10-13,16-17,24,32H,5-6,9,14-15H2,1-4H3. The molecule has 1 saturated heterocycles. The number of hydrogen-bond acceptors (Lipinski definition) is 4. The van der Waals surface area contributed by atoms with E-state index in [0.717, 1.165) is 25.7 Å². The summed E-state index contributed by atoms with van der Waals surface area (Å²) in [5.74, 6) is -4.05. The first-order valence-electron chi connectivity index (χ1n) is 12.0. The SMILES string of the molecule is CC[NH+](CC)CCCN1C(=O)C(=O)C(=C([O-])c2ccc(OC(C)C)c(F)c2)C1c1ccccc1F. The molecule has 0 bridgehead atoms. The molecule has 1 aliphatic heterocycles. The van der Waals surface area contributed by atoms with E-state index in [-0.39, 0.29) is 35.1 Å². The number of rotatable bonds is 10. The van der Waals surface area contributed by atoms with Gasteiger partial charge in [-0.1, -0.05) is 30.0 Å².